The summed E-state index contributed by atoms with van der Waals surface area (Å²) >= 11 is 4.12. The molecule has 6 nitrogen and oxygen atoms in total. The molecule has 0 aliphatic rings. The first kappa shape index (κ1) is 39.7. The first-order valence-electron chi connectivity index (χ1n) is 16.6. The van der Waals surface area contributed by atoms with Gasteiger partial charge in [-0.05, 0) is 76.6 Å². The van der Waals surface area contributed by atoms with E-state index in [9.17, 15) is 14.6 Å². The Labute approximate surface area is 285 Å². The van der Waals surface area contributed by atoms with Gasteiger partial charge in [0.1, 0.15) is 13.2 Å². The molecule has 8 heteroatoms. The van der Waals surface area contributed by atoms with Gasteiger partial charge in [-0.1, -0.05) is 112 Å². The van der Waals surface area contributed by atoms with Crippen LogP contribution in [-0.2, 0) is 25.6 Å². The monoisotopic (exact) mass is 653 g/mol. The summed E-state index contributed by atoms with van der Waals surface area (Å²) in [6.45, 7) is 27.9. The van der Waals surface area contributed by atoms with Gasteiger partial charge in [0.25, 0.3) is 0 Å². The summed E-state index contributed by atoms with van der Waals surface area (Å²) in [6, 6.07) is 16.7. The van der Waals surface area contributed by atoms with Crippen LogP contribution < -0.4 is 10.8 Å². The molecule has 2 rings (SSSR count). The smallest absolute Gasteiger partial charge is 0.320 e. The standard InChI is InChI=1S/C38H60BNO5S/c1-26(46)32(41)44-21-22-45-33(42)38(12,25-34(2,3)4)37(10,11)36(8,9)31(35(5,6)7)28-19-17-27(18-20-28)24-40-30-16-14-15-29(23-30)39(13)43/h14-20,23,26,31,40,43,46H,21-22,24-25H2,1-13H3. The lowest BCUT2D eigenvalue weighted by atomic mass is 9.45. The highest BCUT2D eigenvalue weighted by molar-refractivity contribution is 7.81. The fourth-order valence-corrected chi connectivity index (χ4v) is 7.25. The topological polar surface area (TPSA) is 84.9 Å². The summed E-state index contributed by atoms with van der Waals surface area (Å²) in [7, 11) is 0. The molecular weight excluding hydrogens is 593 g/mol. The van der Waals surface area contributed by atoms with Gasteiger partial charge < -0.3 is 19.8 Å². The summed E-state index contributed by atoms with van der Waals surface area (Å²) in [5.41, 5.74) is 2.25. The summed E-state index contributed by atoms with van der Waals surface area (Å²) in [5, 5.41) is 12.9. The van der Waals surface area contributed by atoms with E-state index in [2.05, 4.69) is 111 Å². The number of hydrogen-bond donors (Lipinski definition) is 3. The van der Waals surface area contributed by atoms with Crippen molar-refractivity contribution in [3.63, 3.8) is 0 Å². The third-order valence-corrected chi connectivity index (χ3v) is 10.2. The molecule has 0 saturated carbocycles. The van der Waals surface area contributed by atoms with Crippen LogP contribution in [0.2, 0.25) is 6.82 Å². The molecule has 46 heavy (non-hydrogen) atoms. The molecule has 2 aromatic rings. The highest BCUT2D eigenvalue weighted by atomic mass is 32.1. The summed E-state index contributed by atoms with van der Waals surface area (Å²) in [4.78, 5) is 26.0. The van der Waals surface area contributed by atoms with E-state index in [1.807, 2.05) is 31.2 Å². The van der Waals surface area contributed by atoms with Crippen molar-refractivity contribution in [1.82, 2.24) is 0 Å². The third kappa shape index (κ3) is 9.79. The van der Waals surface area contributed by atoms with Crippen molar-refractivity contribution in [2.45, 2.75) is 114 Å². The van der Waals surface area contributed by atoms with E-state index in [0.29, 0.717) is 13.0 Å². The lowest BCUT2D eigenvalue weighted by Gasteiger charge is -2.59. The predicted molar refractivity (Wildman–Crippen MR) is 196 cm³/mol. The molecule has 0 aliphatic carbocycles. The molecule has 0 aromatic heterocycles. The highest BCUT2D eigenvalue weighted by Gasteiger charge is 2.60. The number of hydrogen-bond acceptors (Lipinski definition) is 7. The zero-order chi connectivity index (χ0) is 35.3. The van der Waals surface area contributed by atoms with Crippen molar-refractivity contribution in [1.29, 1.82) is 0 Å². The van der Waals surface area contributed by atoms with Crippen LogP contribution in [0.5, 0.6) is 0 Å². The van der Waals surface area contributed by atoms with Gasteiger partial charge in [0, 0.05) is 12.2 Å². The SMILES string of the molecule is CB(O)c1cccc(NCc2ccc(C(C(C)(C)C)C(C)(C)C(C)(C)C(C)(CC(C)(C)C)C(=O)OCCOC(=O)C(C)S)cc2)c1. The number of thiol groups is 1. The number of anilines is 1. The summed E-state index contributed by atoms with van der Waals surface area (Å²) in [6.07, 6.45) is 0.625. The molecular formula is C38H60BNO5S. The Balaban J connectivity index is 2.41. The van der Waals surface area contributed by atoms with Crippen molar-refractivity contribution in [3.05, 3.63) is 59.7 Å². The van der Waals surface area contributed by atoms with Gasteiger partial charge in [0.15, 0.2) is 0 Å². The number of benzene rings is 2. The van der Waals surface area contributed by atoms with Crippen LogP contribution in [0.3, 0.4) is 0 Å². The largest absolute Gasteiger partial charge is 0.462 e. The molecule has 0 aliphatic heterocycles. The highest BCUT2D eigenvalue weighted by Crippen LogP contribution is 2.64. The van der Waals surface area contributed by atoms with E-state index in [4.69, 9.17) is 9.47 Å². The second-order valence-corrected chi connectivity index (χ2v) is 17.4. The number of ether oxygens (including phenoxy) is 2. The van der Waals surface area contributed by atoms with Crippen molar-refractivity contribution in [2.24, 2.45) is 27.1 Å². The Morgan fingerprint density at radius 3 is 1.96 bits per heavy atom. The second-order valence-electron chi connectivity index (χ2n) is 16.6. The Morgan fingerprint density at radius 1 is 0.891 bits per heavy atom. The van der Waals surface area contributed by atoms with E-state index in [1.54, 1.807) is 13.7 Å². The molecule has 2 aromatic carbocycles. The Morgan fingerprint density at radius 2 is 1.46 bits per heavy atom. The van der Waals surface area contributed by atoms with E-state index < -0.39 is 29.0 Å². The van der Waals surface area contributed by atoms with Gasteiger partial charge in [0.05, 0.1) is 10.7 Å². The minimum Gasteiger partial charge on any atom is -0.462 e. The van der Waals surface area contributed by atoms with Gasteiger partial charge in [-0.25, -0.2) is 0 Å². The Kier molecular flexibility index (Phi) is 13.1. The van der Waals surface area contributed by atoms with Crippen LogP contribution in [0, 0.1) is 27.1 Å². The molecule has 0 fully saturated rings. The normalized spacial score (nSPS) is 15.4. The van der Waals surface area contributed by atoms with E-state index in [1.165, 1.54) is 5.56 Å². The predicted octanol–water partition coefficient (Wildman–Crippen LogP) is 8.15. The zero-order valence-corrected chi connectivity index (χ0v) is 31.6. The summed E-state index contributed by atoms with van der Waals surface area (Å²) in [5.74, 6) is -0.604. The van der Waals surface area contributed by atoms with Crippen LogP contribution in [0.4, 0.5) is 5.69 Å². The molecule has 0 heterocycles. The van der Waals surface area contributed by atoms with Crippen molar-refractivity contribution < 1.29 is 24.1 Å². The lowest BCUT2D eigenvalue weighted by molar-refractivity contribution is -0.179. The van der Waals surface area contributed by atoms with Gasteiger partial charge >= 0.3 is 18.9 Å². The first-order chi connectivity index (χ1) is 20.9. The molecule has 0 amide bonds. The van der Waals surface area contributed by atoms with Crippen LogP contribution in [-0.4, -0.2) is 42.3 Å². The van der Waals surface area contributed by atoms with Gasteiger partial charge in [-0.15, -0.1) is 0 Å². The lowest BCUT2D eigenvalue weighted by Crippen LogP contribution is -2.56. The molecule has 2 N–H and O–H groups in total. The van der Waals surface area contributed by atoms with Crippen LogP contribution in [0.25, 0.3) is 0 Å². The van der Waals surface area contributed by atoms with Crippen LogP contribution in [0.15, 0.2) is 48.5 Å². The first-order valence-corrected chi connectivity index (χ1v) is 17.1. The quantitative estimate of drug-likeness (QED) is 0.0826. The van der Waals surface area contributed by atoms with Crippen LogP contribution in [0.1, 0.15) is 107 Å². The fourth-order valence-electron chi connectivity index (χ4n) is 7.18. The Bertz CT molecular complexity index is 1310. The average molecular weight is 654 g/mol. The van der Waals surface area contributed by atoms with Crippen molar-refractivity contribution in [2.75, 3.05) is 18.5 Å². The van der Waals surface area contributed by atoms with Gasteiger partial charge in [0.2, 0.25) is 0 Å². The number of carbonyl (C=O) groups is 2. The average Bonchev–Trinajstić information content (AvgIpc) is 2.92. The van der Waals surface area contributed by atoms with E-state index in [0.717, 1.165) is 16.7 Å². The van der Waals surface area contributed by atoms with Gasteiger partial charge in [-0.3, -0.25) is 9.59 Å². The fraction of sp³-hybridized carbons (Fsp3) is 0.632. The molecule has 0 radical (unpaired) electrons. The maximum absolute atomic E-state index is 14.1. The molecule has 0 bridgehead atoms. The van der Waals surface area contributed by atoms with Crippen molar-refractivity contribution in [3.8, 4) is 0 Å². The van der Waals surface area contributed by atoms with E-state index in [-0.39, 0.29) is 41.3 Å². The molecule has 0 saturated heterocycles. The zero-order valence-electron chi connectivity index (χ0n) is 30.7. The Hall–Kier alpha value is -2.45. The molecule has 3 atom stereocenters. The number of carbonyl (C=O) groups excluding carboxylic acids is 2. The number of nitrogens with one attached hydrogen (secondary N) is 1. The maximum atomic E-state index is 14.1. The number of esters is 2. The molecule has 0 spiro atoms. The van der Waals surface area contributed by atoms with Gasteiger partial charge in [-0.2, -0.15) is 12.6 Å². The van der Waals surface area contributed by atoms with Crippen LogP contribution >= 0.6 is 12.6 Å². The number of rotatable bonds is 14. The summed E-state index contributed by atoms with van der Waals surface area (Å²) < 4.78 is 11.1. The maximum Gasteiger partial charge on any atom is 0.320 e. The second kappa shape index (κ2) is 15.2. The van der Waals surface area contributed by atoms with Crippen molar-refractivity contribution >= 4 is 42.6 Å². The minimum atomic E-state index is -0.844. The molecule has 3 unspecified atom stereocenters. The minimum absolute atomic E-state index is 0.00269. The third-order valence-electron chi connectivity index (χ3n) is 9.99. The molecule has 256 valence electrons. The van der Waals surface area contributed by atoms with E-state index >= 15 is 0 Å².